The van der Waals surface area contributed by atoms with E-state index in [1.807, 2.05) is 24.3 Å². The second-order valence-corrected chi connectivity index (χ2v) is 5.25. The van der Waals surface area contributed by atoms with Gasteiger partial charge in [0, 0.05) is 34.9 Å². The molecule has 0 radical (unpaired) electrons. The van der Waals surface area contributed by atoms with E-state index in [1.165, 1.54) is 19.4 Å². The van der Waals surface area contributed by atoms with E-state index in [1.54, 1.807) is 19.2 Å². The van der Waals surface area contributed by atoms with Crippen molar-refractivity contribution in [3.05, 3.63) is 59.9 Å². The van der Waals surface area contributed by atoms with E-state index in [0.29, 0.717) is 11.4 Å². The summed E-state index contributed by atoms with van der Waals surface area (Å²) in [7, 11) is 1.49. The van der Waals surface area contributed by atoms with Crippen molar-refractivity contribution in [2.45, 2.75) is 13.0 Å². The Bertz CT molecular complexity index is 883. The number of aromatic nitrogens is 2. The van der Waals surface area contributed by atoms with Crippen molar-refractivity contribution in [1.29, 1.82) is 0 Å². The number of nitrogens with one attached hydrogen (secondary N) is 1. The molecule has 0 saturated heterocycles. The molecule has 1 N–H and O–H groups in total. The Kier molecular flexibility index (Phi) is 4.29. The maximum absolute atomic E-state index is 12.6. The van der Waals surface area contributed by atoms with Crippen LogP contribution in [-0.2, 0) is 4.74 Å². The van der Waals surface area contributed by atoms with Gasteiger partial charge in [-0.15, -0.1) is 0 Å². The second-order valence-electron chi connectivity index (χ2n) is 5.25. The largest absolute Gasteiger partial charge is 0.481 e. The van der Waals surface area contributed by atoms with Gasteiger partial charge in [-0.05, 0) is 19.1 Å². The van der Waals surface area contributed by atoms with E-state index in [4.69, 9.17) is 9.47 Å². The third-order valence-electron chi connectivity index (χ3n) is 3.69. The molecular weight excluding hydrogens is 308 g/mol. The van der Waals surface area contributed by atoms with Gasteiger partial charge in [-0.1, -0.05) is 18.2 Å². The molecule has 0 spiro atoms. The van der Waals surface area contributed by atoms with E-state index >= 15 is 0 Å². The molecule has 24 heavy (non-hydrogen) atoms. The highest BCUT2D eigenvalue weighted by Gasteiger charge is 2.23. The van der Waals surface area contributed by atoms with Crippen molar-refractivity contribution >= 4 is 22.7 Å². The van der Waals surface area contributed by atoms with Crippen LogP contribution in [-0.4, -0.2) is 34.9 Å². The number of fused-ring (bicyclic) bond motifs is 1. The third kappa shape index (κ3) is 2.99. The zero-order valence-corrected chi connectivity index (χ0v) is 13.3. The summed E-state index contributed by atoms with van der Waals surface area (Å²) in [5, 5.41) is 0.802. The highest BCUT2D eigenvalue weighted by atomic mass is 16.5. The molecule has 0 aliphatic carbocycles. The number of hydrogen-bond acceptors (Lipinski definition) is 5. The van der Waals surface area contributed by atoms with Gasteiger partial charge in [0.05, 0.1) is 12.7 Å². The summed E-state index contributed by atoms with van der Waals surface area (Å²) in [5.74, 6) is -0.470. The summed E-state index contributed by atoms with van der Waals surface area (Å²) in [6, 6.07) is 10.6. The van der Waals surface area contributed by atoms with Crippen LogP contribution < -0.4 is 4.74 Å². The van der Waals surface area contributed by atoms with E-state index in [9.17, 15) is 9.59 Å². The average Bonchev–Trinajstić information content (AvgIpc) is 3.05. The highest BCUT2D eigenvalue weighted by molar-refractivity contribution is 6.10. The normalized spacial score (nSPS) is 11.9. The number of aromatic amines is 1. The van der Waals surface area contributed by atoms with Gasteiger partial charge in [-0.2, -0.15) is 0 Å². The number of Topliss-reactive ketones (excluding diaryl/α,β-unsaturated/α-hetero) is 1. The smallest absolute Gasteiger partial charge is 0.340 e. The summed E-state index contributed by atoms with van der Waals surface area (Å²) in [6.45, 7) is 1.55. The SMILES string of the molecule is COc1ccc(C(=O)O[C@H](C)C(=O)c2c[nH]c3ccccc23)cn1. The predicted molar refractivity (Wildman–Crippen MR) is 88.3 cm³/mol. The van der Waals surface area contributed by atoms with Gasteiger partial charge in [0.15, 0.2) is 6.10 Å². The topological polar surface area (TPSA) is 81.3 Å². The van der Waals surface area contributed by atoms with Gasteiger partial charge in [0.1, 0.15) is 0 Å². The lowest BCUT2D eigenvalue weighted by atomic mass is 10.1. The summed E-state index contributed by atoms with van der Waals surface area (Å²) in [6.07, 6.45) is 2.08. The number of benzene rings is 1. The van der Waals surface area contributed by atoms with Gasteiger partial charge >= 0.3 is 5.97 Å². The first kappa shape index (κ1) is 15.7. The summed E-state index contributed by atoms with van der Waals surface area (Å²) in [5.41, 5.74) is 1.62. The standard InChI is InChI=1S/C18H16N2O4/c1-11(24-18(22)12-7-8-16(23-2)20-9-12)17(21)14-10-19-15-6-4-3-5-13(14)15/h3-11,19H,1-2H3/t11-/m1/s1. The van der Waals surface area contributed by atoms with Crippen LogP contribution in [0.4, 0.5) is 0 Å². The number of carbonyl (C=O) groups is 2. The maximum atomic E-state index is 12.6. The molecule has 3 aromatic rings. The fourth-order valence-electron chi connectivity index (χ4n) is 2.40. The zero-order valence-electron chi connectivity index (χ0n) is 13.3. The van der Waals surface area contributed by atoms with Crippen LogP contribution in [0.5, 0.6) is 5.88 Å². The quantitative estimate of drug-likeness (QED) is 0.576. The number of H-pyrrole nitrogens is 1. The Hall–Kier alpha value is -3.15. The van der Waals surface area contributed by atoms with Crippen molar-refractivity contribution in [2.75, 3.05) is 7.11 Å². The van der Waals surface area contributed by atoms with Gasteiger partial charge in [-0.3, -0.25) is 4.79 Å². The molecular formula is C18H16N2O4. The van der Waals surface area contributed by atoms with E-state index < -0.39 is 12.1 Å². The lowest BCUT2D eigenvalue weighted by Gasteiger charge is -2.12. The predicted octanol–water partition coefficient (Wildman–Crippen LogP) is 3.00. The van der Waals surface area contributed by atoms with Crippen LogP contribution in [0, 0.1) is 0 Å². The molecule has 0 fully saturated rings. The fourth-order valence-corrected chi connectivity index (χ4v) is 2.40. The Morgan fingerprint density at radius 2 is 1.96 bits per heavy atom. The fraction of sp³-hybridized carbons (Fsp3) is 0.167. The molecule has 0 amide bonds. The molecule has 0 unspecified atom stereocenters. The Balaban J connectivity index is 1.74. The number of carbonyl (C=O) groups excluding carboxylic acids is 2. The number of rotatable bonds is 5. The molecule has 0 aliphatic heterocycles. The number of methoxy groups -OCH3 is 1. The van der Waals surface area contributed by atoms with Crippen molar-refractivity contribution < 1.29 is 19.1 Å². The molecule has 122 valence electrons. The first-order valence-electron chi connectivity index (χ1n) is 7.41. The monoisotopic (exact) mass is 324 g/mol. The first-order valence-corrected chi connectivity index (χ1v) is 7.41. The number of ether oxygens (including phenoxy) is 2. The zero-order chi connectivity index (χ0) is 17.1. The molecule has 3 rings (SSSR count). The van der Waals surface area contributed by atoms with Crippen LogP contribution in [0.3, 0.4) is 0 Å². The summed E-state index contributed by atoms with van der Waals surface area (Å²) in [4.78, 5) is 31.7. The number of pyridine rings is 1. The van der Waals surface area contributed by atoms with E-state index in [2.05, 4.69) is 9.97 Å². The minimum atomic E-state index is -0.904. The van der Waals surface area contributed by atoms with Gasteiger partial charge in [0.25, 0.3) is 0 Å². The molecule has 0 aliphatic rings. The number of hydrogen-bond donors (Lipinski definition) is 1. The molecule has 1 atom stereocenters. The van der Waals surface area contributed by atoms with Gasteiger partial charge in [0.2, 0.25) is 11.7 Å². The Labute approximate surface area is 138 Å². The summed E-state index contributed by atoms with van der Waals surface area (Å²) < 4.78 is 10.2. The van der Waals surface area contributed by atoms with Crippen molar-refractivity contribution in [3.63, 3.8) is 0 Å². The first-order chi connectivity index (χ1) is 11.6. The number of ketones is 1. The molecule has 6 heteroatoms. The van der Waals surface area contributed by atoms with Crippen molar-refractivity contribution in [2.24, 2.45) is 0 Å². The van der Waals surface area contributed by atoms with Crippen LogP contribution >= 0.6 is 0 Å². The van der Waals surface area contributed by atoms with Crippen molar-refractivity contribution in [1.82, 2.24) is 9.97 Å². The van der Waals surface area contributed by atoms with Crippen LogP contribution in [0.2, 0.25) is 0 Å². The van der Waals surface area contributed by atoms with Crippen molar-refractivity contribution in [3.8, 4) is 5.88 Å². The average molecular weight is 324 g/mol. The number of esters is 1. The van der Waals surface area contributed by atoms with Crippen LogP contribution in [0.25, 0.3) is 10.9 Å². The van der Waals surface area contributed by atoms with Gasteiger partial charge < -0.3 is 14.5 Å². The van der Waals surface area contributed by atoms with Gasteiger partial charge in [-0.25, -0.2) is 9.78 Å². The highest BCUT2D eigenvalue weighted by Crippen LogP contribution is 2.20. The number of para-hydroxylation sites is 1. The number of nitrogens with zero attached hydrogens (tertiary/aromatic N) is 1. The molecule has 1 aromatic carbocycles. The molecule has 6 nitrogen and oxygen atoms in total. The Morgan fingerprint density at radius 1 is 1.17 bits per heavy atom. The molecule has 2 heterocycles. The minimum Gasteiger partial charge on any atom is -0.481 e. The molecule has 0 saturated carbocycles. The van der Waals surface area contributed by atoms with Crippen LogP contribution in [0.1, 0.15) is 27.6 Å². The minimum absolute atomic E-state index is 0.259. The van der Waals surface area contributed by atoms with E-state index in [-0.39, 0.29) is 11.3 Å². The lowest BCUT2D eigenvalue weighted by Crippen LogP contribution is -2.24. The lowest BCUT2D eigenvalue weighted by molar-refractivity contribution is 0.0319. The molecule has 0 bridgehead atoms. The third-order valence-corrected chi connectivity index (χ3v) is 3.69. The van der Waals surface area contributed by atoms with E-state index in [0.717, 1.165) is 10.9 Å². The molecule has 2 aromatic heterocycles. The maximum Gasteiger partial charge on any atom is 0.340 e. The second kappa shape index (κ2) is 6.54. The Morgan fingerprint density at radius 3 is 2.67 bits per heavy atom. The van der Waals surface area contributed by atoms with Crippen LogP contribution in [0.15, 0.2) is 48.8 Å². The summed E-state index contributed by atoms with van der Waals surface area (Å²) >= 11 is 0.